The molecule has 3 N–H and O–H groups in total. The smallest absolute Gasteiger partial charge is 0.218 e. The minimum atomic E-state index is -0.831. The Balaban J connectivity index is 2.08. The summed E-state index contributed by atoms with van der Waals surface area (Å²) in [6.45, 7) is 6.00. The van der Waals surface area contributed by atoms with Gasteiger partial charge in [-0.05, 0) is 41.8 Å². The van der Waals surface area contributed by atoms with Gasteiger partial charge in [0, 0.05) is 24.8 Å². The van der Waals surface area contributed by atoms with Crippen LogP contribution in [0, 0.1) is 0 Å². The molecule has 0 aliphatic heterocycles. The first-order chi connectivity index (χ1) is 19.0. The molecule has 3 atom stereocenters. The minimum Gasteiger partial charge on any atom is -0.387 e. The number of allylic oxidation sites excluding steroid dienone is 3. The first-order valence-electron chi connectivity index (χ1n) is 13.9. The Kier molecular flexibility index (Phi) is 15.8. The van der Waals surface area contributed by atoms with Crippen molar-refractivity contribution in [1.82, 2.24) is 30.8 Å². The number of carbonyl (C=O) groups excluding carboxylic acids is 2. The van der Waals surface area contributed by atoms with Crippen molar-refractivity contribution in [2.75, 3.05) is 12.3 Å². The van der Waals surface area contributed by atoms with Crippen molar-refractivity contribution in [3.8, 4) is 11.4 Å². The van der Waals surface area contributed by atoms with Gasteiger partial charge in [-0.2, -0.15) is 0 Å². The molecule has 39 heavy (non-hydrogen) atoms. The molecule has 1 heterocycles. The van der Waals surface area contributed by atoms with E-state index in [-0.39, 0.29) is 11.2 Å². The third kappa shape index (κ3) is 12.2. The lowest BCUT2D eigenvalue weighted by Gasteiger charge is -2.29. The Morgan fingerprint density at radius 2 is 1.92 bits per heavy atom. The number of hydrogen-bond donors (Lipinski definition) is 3. The highest BCUT2D eigenvalue weighted by molar-refractivity contribution is 8.00. The predicted octanol–water partition coefficient (Wildman–Crippen LogP) is 5.20. The molecule has 1 aromatic heterocycles. The molecule has 0 saturated heterocycles. The number of H-pyrrole nitrogens is 1. The number of aliphatic hydroxyl groups is 1. The molecule has 2 rings (SSSR count). The van der Waals surface area contributed by atoms with Crippen LogP contribution in [0.2, 0.25) is 0 Å². The van der Waals surface area contributed by atoms with E-state index in [1.165, 1.54) is 63.6 Å². The van der Waals surface area contributed by atoms with Crippen LogP contribution < -0.4 is 5.32 Å². The van der Waals surface area contributed by atoms with E-state index in [0.29, 0.717) is 18.1 Å². The van der Waals surface area contributed by atoms with Crippen LogP contribution >= 0.6 is 11.8 Å². The summed E-state index contributed by atoms with van der Waals surface area (Å²) >= 11 is 1.48. The van der Waals surface area contributed by atoms with E-state index in [9.17, 15) is 14.7 Å². The molecule has 10 heteroatoms. The molecular weight excluding hydrogens is 512 g/mol. The van der Waals surface area contributed by atoms with E-state index in [1.54, 1.807) is 4.90 Å². The summed E-state index contributed by atoms with van der Waals surface area (Å²) in [5.74, 6) is 0.730. The number of nitrogens with zero attached hydrogens (tertiary/aromatic N) is 4. The summed E-state index contributed by atoms with van der Waals surface area (Å²) in [4.78, 5) is 24.9. The molecular formula is C29H44N6O3S. The van der Waals surface area contributed by atoms with Crippen LogP contribution in [0.5, 0.6) is 0 Å². The highest BCUT2D eigenvalue weighted by Gasteiger charge is 2.24. The van der Waals surface area contributed by atoms with Crippen LogP contribution in [0.15, 0.2) is 48.6 Å². The average Bonchev–Trinajstić information content (AvgIpc) is 3.48. The highest BCUT2D eigenvalue weighted by atomic mass is 32.2. The van der Waals surface area contributed by atoms with Gasteiger partial charge in [-0.15, -0.1) is 16.9 Å². The number of nitrogens with one attached hydrogen (secondary N) is 2. The number of aromatic amines is 1. The molecule has 2 amide bonds. The number of tetrazole rings is 1. The van der Waals surface area contributed by atoms with Gasteiger partial charge in [-0.1, -0.05) is 88.0 Å². The van der Waals surface area contributed by atoms with Crippen molar-refractivity contribution >= 4 is 24.1 Å². The molecule has 214 valence electrons. The van der Waals surface area contributed by atoms with E-state index in [1.807, 2.05) is 49.4 Å². The van der Waals surface area contributed by atoms with Crippen molar-refractivity contribution in [3.05, 3.63) is 54.1 Å². The van der Waals surface area contributed by atoms with Crippen molar-refractivity contribution in [3.63, 3.8) is 0 Å². The number of hydrogen-bond acceptors (Lipinski definition) is 7. The Bertz CT molecular complexity index is 1010. The number of unbranched alkanes of at least 4 members (excludes halogenated alkanes) is 7. The summed E-state index contributed by atoms with van der Waals surface area (Å²) < 4.78 is 0. The van der Waals surface area contributed by atoms with Gasteiger partial charge in [-0.3, -0.25) is 9.59 Å². The number of carbonyl (C=O) groups is 2. The standard InChI is InChI=1S/C29H44N6O3S/c1-4-6-7-8-9-10-11-12-13-14-15-19-26(39-21-27(30-23(3)37)35(5-2)22-36)28(38)24-17-16-18-25(20-24)29-31-33-34-32-29/h13-20,22,26-28,38H,4-12,21H2,1-3H3,(H,30,37)(H,31,32,33,34)/b14-13-,19-15+/t26-,27-,28+/m1/s1. The Morgan fingerprint density at radius 1 is 1.15 bits per heavy atom. The normalized spacial score (nSPS) is 13.9. The molecule has 2 aromatic rings. The maximum atomic E-state index is 11.8. The van der Waals surface area contributed by atoms with Crippen LogP contribution in [0.1, 0.15) is 83.8 Å². The fraction of sp³-hybridized carbons (Fsp3) is 0.552. The molecule has 0 bridgehead atoms. The summed E-state index contributed by atoms with van der Waals surface area (Å²) in [7, 11) is 0. The van der Waals surface area contributed by atoms with E-state index in [4.69, 9.17) is 0 Å². The molecule has 0 saturated carbocycles. The Hall–Kier alpha value is -2.98. The fourth-order valence-electron chi connectivity index (χ4n) is 4.19. The topological polar surface area (TPSA) is 124 Å². The maximum Gasteiger partial charge on any atom is 0.218 e. The van der Waals surface area contributed by atoms with Crippen LogP contribution in [-0.2, 0) is 9.59 Å². The third-order valence-corrected chi connectivity index (χ3v) is 7.71. The zero-order chi connectivity index (χ0) is 28.3. The molecule has 0 spiro atoms. The number of aliphatic hydroxyl groups excluding tert-OH is 1. The van der Waals surface area contributed by atoms with Crippen molar-refractivity contribution in [2.24, 2.45) is 0 Å². The second-order valence-electron chi connectivity index (χ2n) is 9.49. The SMILES string of the molecule is CCCCCCCCC/C=C\C=C\[C@@H](SC[C@H](NC(C)=O)N(C=O)CC)[C@@H](O)c1cccc(-c2nnn[nH]2)c1. The molecule has 0 aliphatic rings. The Morgan fingerprint density at radius 3 is 2.59 bits per heavy atom. The number of thioether (sulfide) groups is 1. The van der Waals surface area contributed by atoms with E-state index in [2.05, 4.69) is 38.9 Å². The quantitative estimate of drug-likeness (QED) is 0.0887. The lowest BCUT2D eigenvalue weighted by Crippen LogP contribution is -2.48. The number of amides is 2. The van der Waals surface area contributed by atoms with Gasteiger partial charge in [0.25, 0.3) is 0 Å². The van der Waals surface area contributed by atoms with Gasteiger partial charge >= 0.3 is 0 Å². The molecule has 1 aromatic carbocycles. The zero-order valence-electron chi connectivity index (χ0n) is 23.5. The Labute approximate surface area is 236 Å². The van der Waals surface area contributed by atoms with Crippen LogP contribution in [0.3, 0.4) is 0 Å². The molecule has 0 radical (unpaired) electrons. The fourth-order valence-corrected chi connectivity index (χ4v) is 5.41. The van der Waals surface area contributed by atoms with Gasteiger partial charge in [0.15, 0.2) is 5.82 Å². The summed E-state index contributed by atoms with van der Waals surface area (Å²) in [5, 5.41) is 27.9. The number of rotatable bonds is 20. The van der Waals surface area contributed by atoms with E-state index in [0.717, 1.165) is 24.0 Å². The first-order valence-corrected chi connectivity index (χ1v) is 15.0. The van der Waals surface area contributed by atoms with E-state index >= 15 is 0 Å². The minimum absolute atomic E-state index is 0.213. The number of aromatic nitrogens is 4. The highest BCUT2D eigenvalue weighted by Crippen LogP contribution is 2.30. The summed E-state index contributed by atoms with van der Waals surface area (Å²) in [5.41, 5.74) is 1.49. The monoisotopic (exact) mass is 556 g/mol. The van der Waals surface area contributed by atoms with Crippen LogP contribution in [0.25, 0.3) is 11.4 Å². The molecule has 0 unspecified atom stereocenters. The number of benzene rings is 1. The van der Waals surface area contributed by atoms with Crippen LogP contribution in [0.4, 0.5) is 0 Å². The van der Waals surface area contributed by atoms with Crippen molar-refractivity contribution < 1.29 is 14.7 Å². The van der Waals surface area contributed by atoms with Crippen molar-refractivity contribution in [2.45, 2.75) is 89.7 Å². The molecule has 0 fully saturated rings. The van der Waals surface area contributed by atoms with Gasteiger partial charge in [0.2, 0.25) is 12.3 Å². The molecule has 0 aliphatic carbocycles. The van der Waals surface area contributed by atoms with Gasteiger partial charge in [0.05, 0.1) is 11.4 Å². The van der Waals surface area contributed by atoms with E-state index < -0.39 is 12.3 Å². The molecule has 9 nitrogen and oxygen atoms in total. The largest absolute Gasteiger partial charge is 0.387 e. The van der Waals surface area contributed by atoms with Gasteiger partial charge in [0.1, 0.15) is 6.17 Å². The summed E-state index contributed by atoms with van der Waals surface area (Å²) in [6, 6.07) is 7.46. The zero-order valence-corrected chi connectivity index (χ0v) is 24.3. The third-order valence-electron chi connectivity index (χ3n) is 6.40. The second-order valence-corrected chi connectivity index (χ2v) is 10.7. The second kappa shape index (κ2) is 19.1. The predicted molar refractivity (Wildman–Crippen MR) is 158 cm³/mol. The maximum absolute atomic E-state index is 11.8. The lowest BCUT2D eigenvalue weighted by atomic mass is 10.0. The average molecular weight is 557 g/mol. The van der Waals surface area contributed by atoms with Crippen molar-refractivity contribution in [1.29, 1.82) is 0 Å². The lowest BCUT2D eigenvalue weighted by molar-refractivity contribution is -0.124. The van der Waals surface area contributed by atoms with Crippen LogP contribution in [-0.4, -0.2) is 66.7 Å². The summed E-state index contributed by atoms with van der Waals surface area (Å²) in [6.07, 6.45) is 17.6. The van der Waals surface area contributed by atoms with Gasteiger partial charge < -0.3 is 15.3 Å². The van der Waals surface area contributed by atoms with Gasteiger partial charge in [-0.25, -0.2) is 5.10 Å². The first kappa shape index (κ1) is 32.2.